The Morgan fingerprint density at radius 1 is 1.25 bits per heavy atom. The molecule has 0 radical (unpaired) electrons. The fraction of sp³-hybridized carbons (Fsp3) is 0.500. The van der Waals surface area contributed by atoms with Crippen LogP contribution in [0, 0.1) is 11.8 Å². The minimum Gasteiger partial charge on any atom is -0.338 e. The largest absolute Gasteiger partial charge is 0.338 e. The monoisotopic (exact) mass is 327 g/mol. The number of aromatic nitrogens is 3. The van der Waals surface area contributed by atoms with Gasteiger partial charge >= 0.3 is 6.03 Å². The third-order valence-electron chi connectivity index (χ3n) is 4.72. The first-order chi connectivity index (χ1) is 11.7. The highest BCUT2D eigenvalue weighted by molar-refractivity contribution is 5.73. The van der Waals surface area contributed by atoms with Crippen LogP contribution in [-0.2, 0) is 6.54 Å². The molecule has 0 unspecified atom stereocenters. The van der Waals surface area contributed by atoms with Crippen LogP contribution in [0.3, 0.4) is 0 Å². The lowest BCUT2D eigenvalue weighted by Gasteiger charge is -2.26. The van der Waals surface area contributed by atoms with Gasteiger partial charge in [-0.15, -0.1) is 0 Å². The van der Waals surface area contributed by atoms with Crippen LogP contribution < -0.4 is 10.6 Å². The number of urea groups is 1. The van der Waals surface area contributed by atoms with Gasteiger partial charge in [0.25, 0.3) is 0 Å². The molecule has 2 aromatic heterocycles. The summed E-state index contributed by atoms with van der Waals surface area (Å²) in [5.41, 5.74) is 1.01. The fourth-order valence-corrected chi connectivity index (χ4v) is 3.12. The van der Waals surface area contributed by atoms with Crippen molar-refractivity contribution in [3.63, 3.8) is 0 Å². The molecular formula is C18H25N5O. The molecule has 2 aromatic rings. The maximum Gasteiger partial charge on any atom is 0.315 e. The molecule has 0 atom stereocenters. The summed E-state index contributed by atoms with van der Waals surface area (Å²) < 4.78 is 1.84. The standard InChI is InChI=1S/C18H25N5O/c1-14-2-4-15(5-3-14)11-21-18(24)22-12-16-6-7-20-17(10-16)23-9-8-19-13-23/h6-10,13-15H,2-5,11-12H2,1H3,(H2,21,22,24). The van der Waals surface area contributed by atoms with Crippen LogP contribution in [-0.4, -0.2) is 27.1 Å². The van der Waals surface area contributed by atoms with E-state index in [0.717, 1.165) is 23.8 Å². The molecule has 0 saturated heterocycles. The molecule has 1 saturated carbocycles. The highest BCUT2D eigenvalue weighted by atomic mass is 16.2. The molecule has 0 aliphatic heterocycles. The lowest BCUT2D eigenvalue weighted by molar-refractivity contribution is 0.232. The van der Waals surface area contributed by atoms with Gasteiger partial charge in [-0.05, 0) is 42.4 Å². The number of imidazole rings is 1. The summed E-state index contributed by atoms with van der Waals surface area (Å²) in [7, 11) is 0. The predicted molar refractivity (Wildman–Crippen MR) is 92.7 cm³/mol. The van der Waals surface area contributed by atoms with E-state index in [9.17, 15) is 4.79 Å². The smallest absolute Gasteiger partial charge is 0.315 e. The predicted octanol–water partition coefficient (Wildman–Crippen LogP) is 2.89. The zero-order valence-corrected chi connectivity index (χ0v) is 14.1. The molecule has 6 heteroatoms. The third kappa shape index (κ3) is 4.57. The molecule has 0 aromatic carbocycles. The summed E-state index contributed by atoms with van der Waals surface area (Å²) >= 11 is 0. The molecule has 1 aliphatic rings. The topological polar surface area (TPSA) is 71.8 Å². The van der Waals surface area contributed by atoms with Crippen LogP contribution in [0.25, 0.3) is 5.82 Å². The lowest BCUT2D eigenvalue weighted by atomic mass is 9.83. The fourth-order valence-electron chi connectivity index (χ4n) is 3.12. The number of pyridine rings is 1. The van der Waals surface area contributed by atoms with Gasteiger partial charge in [0, 0.05) is 31.7 Å². The van der Waals surface area contributed by atoms with Crippen molar-refractivity contribution < 1.29 is 4.79 Å². The SMILES string of the molecule is CC1CCC(CNC(=O)NCc2ccnc(-n3ccnc3)c2)CC1. The maximum absolute atomic E-state index is 12.0. The van der Waals surface area contributed by atoms with Gasteiger partial charge in [-0.1, -0.05) is 19.8 Å². The van der Waals surface area contributed by atoms with E-state index >= 15 is 0 Å². The first kappa shape index (κ1) is 16.5. The summed E-state index contributed by atoms with van der Waals surface area (Å²) in [6, 6.07) is 3.75. The highest BCUT2D eigenvalue weighted by Crippen LogP contribution is 2.27. The molecule has 2 N–H and O–H groups in total. The number of carbonyl (C=O) groups is 1. The van der Waals surface area contributed by atoms with E-state index in [-0.39, 0.29) is 6.03 Å². The maximum atomic E-state index is 12.0. The van der Waals surface area contributed by atoms with Gasteiger partial charge in [-0.25, -0.2) is 14.8 Å². The summed E-state index contributed by atoms with van der Waals surface area (Å²) in [5.74, 6) is 2.26. The molecule has 6 nitrogen and oxygen atoms in total. The van der Waals surface area contributed by atoms with E-state index in [2.05, 4.69) is 27.5 Å². The van der Waals surface area contributed by atoms with Crippen molar-refractivity contribution in [3.05, 3.63) is 42.6 Å². The second-order valence-corrected chi connectivity index (χ2v) is 6.68. The van der Waals surface area contributed by atoms with E-state index in [0.29, 0.717) is 12.5 Å². The Bertz CT molecular complexity index is 647. The first-order valence-corrected chi connectivity index (χ1v) is 8.65. The Hall–Kier alpha value is -2.37. The van der Waals surface area contributed by atoms with Gasteiger partial charge in [-0.3, -0.25) is 4.57 Å². The van der Waals surface area contributed by atoms with Crippen LogP contribution in [0.15, 0.2) is 37.1 Å². The summed E-state index contributed by atoms with van der Waals surface area (Å²) in [6.45, 7) is 3.57. The molecule has 2 heterocycles. The Kier molecular flexibility index (Phi) is 5.46. The molecule has 24 heavy (non-hydrogen) atoms. The van der Waals surface area contributed by atoms with Crippen molar-refractivity contribution in [2.45, 2.75) is 39.2 Å². The second-order valence-electron chi connectivity index (χ2n) is 6.68. The number of nitrogens with one attached hydrogen (secondary N) is 2. The van der Waals surface area contributed by atoms with E-state index < -0.39 is 0 Å². The number of hydrogen-bond donors (Lipinski definition) is 2. The van der Waals surface area contributed by atoms with E-state index in [4.69, 9.17) is 0 Å². The molecule has 0 spiro atoms. The number of carbonyl (C=O) groups excluding carboxylic acids is 1. The Labute approximate surface area is 142 Å². The van der Waals surface area contributed by atoms with Gasteiger partial charge in [0.2, 0.25) is 0 Å². The Morgan fingerprint density at radius 3 is 2.83 bits per heavy atom. The van der Waals surface area contributed by atoms with Gasteiger partial charge in [0.1, 0.15) is 12.1 Å². The third-order valence-corrected chi connectivity index (χ3v) is 4.72. The first-order valence-electron chi connectivity index (χ1n) is 8.65. The molecule has 2 amide bonds. The number of amides is 2. The van der Waals surface area contributed by atoms with Gasteiger partial charge in [0.05, 0.1) is 0 Å². The van der Waals surface area contributed by atoms with Crippen LogP contribution in [0.1, 0.15) is 38.2 Å². The minimum absolute atomic E-state index is 0.102. The van der Waals surface area contributed by atoms with E-state index in [1.165, 1.54) is 25.7 Å². The molecule has 0 bridgehead atoms. The highest BCUT2D eigenvalue weighted by Gasteiger charge is 2.18. The Morgan fingerprint density at radius 2 is 2.08 bits per heavy atom. The van der Waals surface area contributed by atoms with Gasteiger partial charge in [0.15, 0.2) is 0 Å². The minimum atomic E-state index is -0.102. The van der Waals surface area contributed by atoms with Crippen molar-refractivity contribution in [3.8, 4) is 5.82 Å². The zero-order valence-electron chi connectivity index (χ0n) is 14.1. The van der Waals surface area contributed by atoms with Crippen molar-refractivity contribution in [2.24, 2.45) is 11.8 Å². The van der Waals surface area contributed by atoms with Crippen LogP contribution in [0.4, 0.5) is 4.79 Å². The van der Waals surface area contributed by atoms with Crippen LogP contribution in [0.5, 0.6) is 0 Å². The normalized spacial score (nSPS) is 20.5. The van der Waals surface area contributed by atoms with E-state index in [1.54, 1.807) is 18.7 Å². The van der Waals surface area contributed by atoms with Crippen molar-refractivity contribution in [2.75, 3.05) is 6.54 Å². The van der Waals surface area contributed by atoms with Crippen molar-refractivity contribution in [1.29, 1.82) is 0 Å². The molecule has 128 valence electrons. The number of nitrogens with zero attached hydrogens (tertiary/aromatic N) is 3. The number of rotatable bonds is 5. The Balaban J connectivity index is 1.44. The molecule has 3 rings (SSSR count). The summed E-state index contributed by atoms with van der Waals surface area (Å²) in [5, 5.41) is 5.92. The summed E-state index contributed by atoms with van der Waals surface area (Å²) in [6.07, 6.45) is 12.0. The van der Waals surface area contributed by atoms with Crippen molar-refractivity contribution >= 4 is 6.03 Å². The van der Waals surface area contributed by atoms with Crippen LogP contribution >= 0.6 is 0 Å². The number of hydrogen-bond acceptors (Lipinski definition) is 3. The molecule has 1 fully saturated rings. The van der Waals surface area contributed by atoms with Gasteiger partial charge in [-0.2, -0.15) is 0 Å². The molecular weight excluding hydrogens is 302 g/mol. The van der Waals surface area contributed by atoms with Gasteiger partial charge < -0.3 is 10.6 Å². The quantitative estimate of drug-likeness (QED) is 0.887. The zero-order chi connectivity index (χ0) is 16.8. The summed E-state index contributed by atoms with van der Waals surface area (Å²) in [4.78, 5) is 20.3. The van der Waals surface area contributed by atoms with Crippen molar-refractivity contribution in [1.82, 2.24) is 25.2 Å². The molecule has 1 aliphatic carbocycles. The lowest BCUT2D eigenvalue weighted by Crippen LogP contribution is -2.38. The average Bonchev–Trinajstić information content (AvgIpc) is 3.14. The average molecular weight is 327 g/mol. The second kappa shape index (κ2) is 7.95. The van der Waals surface area contributed by atoms with E-state index in [1.807, 2.05) is 22.9 Å². The van der Waals surface area contributed by atoms with Crippen LogP contribution in [0.2, 0.25) is 0 Å².